The van der Waals surface area contributed by atoms with E-state index in [0.717, 1.165) is 0 Å². The summed E-state index contributed by atoms with van der Waals surface area (Å²) in [4.78, 5) is 11.0. The number of aliphatic carboxylic acids is 1. The average molecular weight is 194 g/mol. The van der Waals surface area contributed by atoms with Gasteiger partial charge in [0, 0.05) is 0 Å². The van der Waals surface area contributed by atoms with Crippen LogP contribution < -0.4 is 0 Å². The summed E-state index contributed by atoms with van der Waals surface area (Å²) in [6.07, 6.45) is 1.34. The first-order valence-electron chi connectivity index (χ1n) is 4.14. The van der Waals surface area contributed by atoms with Gasteiger partial charge < -0.3 is 5.11 Å². The normalized spacial score (nSPS) is 14.4. The summed E-state index contributed by atoms with van der Waals surface area (Å²) in [5, 5.41) is 8.99. The molecule has 1 aromatic rings. The van der Waals surface area contributed by atoms with Crippen LogP contribution in [0.1, 0.15) is 12.5 Å². The first-order chi connectivity index (χ1) is 6.50. The minimum atomic E-state index is -1.16. The molecule has 0 unspecified atom stereocenters. The fourth-order valence-corrected chi connectivity index (χ4v) is 1.12. The van der Waals surface area contributed by atoms with Crippen molar-refractivity contribution in [3.63, 3.8) is 0 Å². The summed E-state index contributed by atoms with van der Waals surface area (Å²) >= 11 is 0. The van der Waals surface area contributed by atoms with Gasteiger partial charge in [-0.2, -0.15) is 0 Å². The van der Waals surface area contributed by atoms with Gasteiger partial charge in [-0.1, -0.05) is 18.2 Å². The Kier molecular flexibility index (Phi) is 2.70. The van der Waals surface area contributed by atoms with Gasteiger partial charge in [0.15, 0.2) is 0 Å². The van der Waals surface area contributed by atoms with Gasteiger partial charge in [-0.15, -0.1) is 6.58 Å². The van der Waals surface area contributed by atoms with Crippen LogP contribution in [0.15, 0.2) is 36.9 Å². The molecule has 1 atom stereocenters. The van der Waals surface area contributed by atoms with Crippen LogP contribution in [-0.4, -0.2) is 11.1 Å². The maximum Gasteiger partial charge on any atom is 0.317 e. The van der Waals surface area contributed by atoms with E-state index in [4.69, 9.17) is 5.11 Å². The summed E-state index contributed by atoms with van der Waals surface area (Å²) in [6.45, 7) is 5.00. The molecule has 0 radical (unpaired) electrons. The second-order valence-corrected chi connectivity index (χ2v) is 3.22. The number of hydrogen-bond donors (Lipinski definition) is 1. The Bertz CT molecular complexity index is 356. The highest BCUT2D eigenvalue weighted by molar-refractivity contribution is 5.83. The Morgan fingerprint density at radius 1 is 1.50 bits per heavy atom. The molecule has 0 spiro atoms. The second-order valence-electron chi connectivity index (χ2n) is 3.22. The van der Waals surface area contributed by atoms with Crippen molar-refractivity contribution >= 4 is 5.97 Å². The molecule has 0 amide bonds. The van der Waals surface area contributed by atoms with E-state index < -0.39 is 11.4 Å². The van der Waals surface area contributed by atoms with E-state index in [9.17, 15) is 9.18 Å². The van der Waals surface area contributed by atoms with Crippen molar-refractivity contribution in [3.8, 4) is 0 Å². The lowest BCUT2D eigenvalue weighted by atomic mass is 9.83. The van der Waals surface area contributed by atoms with E-state index in [2.05, 4.69) is 6.58 Å². The smallest absolute Gasteiger partial charge is 0.317 e. The lowest BCUT2D eigenvalue weighted by Crippen LogP contribution is -2.29. The zero-order valence-electron chi connectivity index (χ0n) is 7.83. The quantitative estimate of drug-likeness (QED) is 0.750. The van der Waals surface area contributed by atoms with Crippen LogP contribution in [0.4, 0.5) is 4.39 Å². The Balaban J connectivity index is 3.19. The Labute approximate surface area is 81.7 Å². The van der Waals surface area contributed by atoms with Crippen molar-refractivity contribution in [2.45, 2.75) is 12.3 Å². The third-order valence-corrected chi connectivity index (χ3v) is 2.30. The van der Waals surface area contributed by atoms with Crippen LogP contribution in [0.5, 0.6) is 0 Å². The summed E-state index contributed by atoms with van der Waals surface area (Å²) in [5.74, 6) is -1.38. The summed E-state index contributed by atoms with van der Waals surface area (Å²) in [6, 6.07) is 5.37. The van der Waals surface area contributed by atoms with Gasteiger partial charge in [0.25, 0.3) is 0 Å². The number of carboxylic acids is 1. The molecule has 0 aliphatic rings. The predicted molar refractivity (Wildman–Crippen MR) is 51.6 cm³/mol. The first kappa shape index (κ1) is 10.4. The standard InChI is InChI=1S/C11H11FO2/c1-3-11(2,10(13)14)8-4-6-9(12)7-5-8/h3-7H,1H2,2H3,(H,13,14)/t11-/m0/s1. The lowest BCUT2D eigenvalue weighted by Gasteiger charge is -2.20. The maximum absolute atomic E-state index is 12.6. The summed E-state index contributed by atoms with van der Waals surface area (Å²) in [7, 11) is 0. The van der Waals surface area contributed by atoms with Crippen molar-refractivity contribution in [1.82, 2.24) is 0 Å². The van der Waals surface area contributed by atoms with E-state index in [0.29, 0.717) is 5.56 Å². The molecule has 1 N–H and O–H groups in total. The van der Waals surface area contributed by atoms with Crippen LogP contribution in [0, 0.1) is 5.82 Å². The molecule has 0 aromatic heterocycles. The number of carbonyl (C=O) groups is 1. The topological polar surface area (TPSA) is 37.3 Å². The van der Waals surface area contributed by atoms with E-state index in [1.165, 1.54) is 37.3 Å². The molecule has 0 heterocycles. The highest BCUT2D eigenvalue weighted by atomic mass is 19.1. The zero-order chi connectivity index (χ0) is 10.8. The Morgan fingerprint density at radius 3 is 2.36 bits per heavy atom. The van der Waals surface area contributed by atoms with E-state index in [1.807, 2.05) is 0 Å². The summed E-state index contributed by atoms with van der Waals surface area (Å²) < 4.78 is 12.6. The number of benzene rings is 1. The van der Waals surface area contributed by atoms with Gasteiger partial charge in [-0.3, -0.25) is 4.79 Å². The third-order valence-electron chi connectivity index (χ3n) is 2.30. The number of halogens is 1. The summed E-state index contributed by atoms with van der Waals surface area (Å²) in [5.41, 5.74) is -0.644. The molecule has 3 heteroatoms. The van der Waals surface area contributed by atoms with E-state index >= 15 is 0 Å². The van der Waals surface area contributed by atoms with Crippen LogP contribution >= 0.6 is 0 Å². The molecule has 14 heavy (non-hydrogen) atoms. The van der Waals surface area contributed by atoms with Gasteiger partial charge in [0.05, 0.1) is 0 Å². The molecule has 0 aliphatic carbocycles. The molecule has 0 aliphatic heterocycles. The van der Waals surface area contributed by atoms with Crippen LogP contribution in [0.2, 0.25) is 0 Å². The maximum atomic E-state index is 12.6. The van der Waals surface area contributed by atoms with E-state index in [1.54, 1.807) is 0 Å². The van der Waals surface area contributed by atoms with Crippen LogP contribution in [0.3, 0.4) is 0 Å². The second kappa shape index (κ2) is 3.62. The molecule has 74 valence electrons. The molecular formula is C11H11FO2. The highest BCUT2D eigenvalue weighted by Gasteiger charge is 2.31. The van der Waals surface area contributed by atoms with Gasteiger partial charge >= 0.3 is 5.97 Å². The first-order valence-corrected chi connectivity index (χ1v) is 4.14. The minimum Gasteiger partial charge on any atom is -0.480 e. The molecule has 1 aromatic carbocycles. The van der Waals surface area contributed by atoms with Gasteiger partial charge in [-0.25, -0.2) is 4.39 Å². The molecule has 0 fully saturated rings. The molecule has 2 nitrogen and oxygen atoms in total. The van der Waals surface area contributed by atoms with Crippen molar-refractivity contribution in [2.75, 3.05) is 0 Å². The van der Waals surface area contributed by atoms with Crippen molar-refractivity contribution in [3.05, 3.63) is 48.3 Å². The predicted octanol–water partition coefficient (Wildman–Crippen LogP) is 2.35. The fraction of sp³-hybridized carbons (Fsp3) is 0.182. The largest absolute Gasteiger partial charge is 0.480 e. The van der Waals surface area contributed by atoms with Gasteiger partial charge in [0.2, 0.25) is 0 Å². The van der Waals surface area contributed by atoms with Crippen molar-refractivity contribution < 1.29 is 14.3 Å². The fourth-order valence-electron chi connectivity index (χ4n) is 1.12. The van der Waals surface area contributed by atoms with Gasteiger partial charge in [0.1, 0.15) is 11.2 Å². The monoisotopic (exact) mass is 194 g/mol. The number of carboxylic acid groups (broad SMARTS) is 1. The lowest BCUT2D eigenvalue weighted by molar-refractivity contribution is -0.141. The molecular weight excluding hydrogens is 183 g/mol. The molecule has 0 saturated carbocycles. The van der Waals surface area contributed by atoms with Crippen LogP contribution in [-0.2, 0) is 10.2 Å². The third kappa shape index (κ3) is 1.66. The highest BCUT2D eigenvalue weighted by Crippen LogP contribution is 2.25. The molecule has 1 rings (SSSR count). The Hall–Kier alpha value is -1.64. The van der Waals surface area contributed by atoms with Gasteiger partial charge in [-0.05, 0) is 24.6 Å². The molecule has 0 saturated heterocycles. The average Bonchev–Trinajstić information content (AvgIpc) is 2.17. The van der Waals surface area contributed by atoms with Crippen molar-refractivity contribution in [1.29, 1.82) is 0 Å². The minimum absolute atomic E-state index is 0.384. The number of rotatable bonds is 3. The zero-order valence-corrected chi connectivity index (χ0v) is 7.83. The van der Waals surface area contributed by atoms with Crippen LogP contribution in [0.25, 0.3) is 0 Å². The SMILES string of the molecule is C=C[C@](C)(C(=O)O)c1ccc(F)cc1. The molecule has 0 bridgehead atoms. The van der Waals surface area contributed by atoms with E-state index in [-0.39, 0.29) is 5.82 Å². The number of hydrogen-bond acceptors (Lipinski definition) is 1. The Morgan fingerprint density at radius 2 is 2.00 bits per heavy atom. The van der Waals surface area contributed by atoms with Crippen molar-refractivity contribution in [2.24, 2.45) is 0 Å².